The molecule has 1 rings (SSSR count). The van der Waals surface area contributed by atoms with Crippen LogP contribution in [0.4, 0.5) is 4.79 Å². The summed E-state index contributed by atoms with van der Waals surface area (Å²) in [6, 6.07) is 0. The summed E-state index contributed by atoms with van der Waals surface area (Å²) in [5.74, 6) is -0.532. The standard InChI is InChI=1S/C9H13NO4/c1-9(2,3)14-8(12)10-6-4-5-13-7(6)11/h4H,5H2,1-3H3,(H,10,12). The molecule has 5 heteroatoms. The van der Waals surface area contributed by atoms with E-state index >= 15 is 0 Å². The maximum atomic E-state index is 11.2. The van der Waals surface area contributed by atoms with Crippen LogP contribution in [-0.4, -0.2) is 24.3 Å². The topological polar surface area (TPSA) is 64.6 Å². The third kappa shape index (κ3) is 3.08. The van der Waals surface area contributed by atoms with Crippen molar-refractivity contribution < 1.29 is 19.1 Å². The third-order valence-corrected chi connectivity index (χ3v) is 1.36. The molecular weight excluding hydrogens is 186 g/mol. The number of ether oxygens (including phenoxy) is 2. The minimum Gasteiger partial charge on any atom is -0.457 e. The minimum atomic E-state index is -0.650. The summed E-state index contributed by atoms with van der Waals surface area (Å²) < 4.78 is 9.54. The molecule has 0 atom stereocenters. The minimum absolute atomic E-state index is 0.138. The van der Waals surface area contributed by atoms with Crippen LogP contribution in [0.1, 0.15) is 20.8 Å². The molecule has 1 amide bonds. The Morgan fingerprint density at radius 1 is 1.57 bits per heavy atom. The zero-order valence-electron chi connectivity index (χ0n) is 8.42. The molecule has 0 fully saturated rings. The average molecular weight is 199 g/mol. The lowest BCUT2D eigenvalue weighted by Gasteiger charge is -2.19. The summed E-state index contributed by atoms with van der Waals surface area (Å²) in [6.45, 7) is 5.43. The van der Waals surface area contributed by atoms with E-state index in [1.54, 1.807) is 20.8 Å². The average Bonchev–Trinajstić information content (AvgIpc) is 2.32. The van der Waals surface area contributed by atoms with Crippen molar-refractivity contribution in [3.05, 3.63) is 11.8 Å². The molecule has 0 spiro atoms. The van der Waals surface area contributed by atoms with Crippen LogP contribution in [-0.2, 0) is 14.3 Å². The summed E-state index contributed by atoms with van der Waals surface area (Å²) in [4.78, 5) is 22.1. The van der Waals surface area contributed by atoms with Crippen LogP contribution in [0, 0.1) is 0 Å². The summed E-state index contributed by atoms with van der Waals surface area (Å²) in [5.41, 5.74) is -0.438. The molecule has 0 aromatic carbocycles. The summed E-state index contributed by atoms with van der Waals surface area (Å²) in [6.07, 6.45) is 0.842. The van der Waals surface area contributed by atoms with Crippen molar-refractivity contribution in [3.8, 4) is 0 Å². The Morgan fingerprint density at radius 2 is 2.21 bits per heavy atom. The zero-order valence-corrected chi connectivity index (χ0v) is 8.42. The molecular formula is C9H13NO4. The molecule has 1 aliphatic rings. The molecule has 5 nitrogen and oxygen atoms in total. The van der Waals surface area contributed by atoms with Crippen molar-refractivity contribution in [2.45, 2.75) is 26.4 Å². The summed E-state index contributed by atoms with van der Waals surface area (Å²) in [7, 11) is 0. The largest absolute Gasteiger partial charge is 0.457 e. The summed E-state index contributed by atoms with van der Waals surface area (Å²) >= 11 is 0. The molecule has 1 aliphatic heterocycles. The Balaban J connectivity index is 2.45. The van der Waals surface area contributed by atoms with Crippen LogP contribution in [0.2, 0.25) is 0 Å². The Morgan fingerprint density at radius 3 is 2.64 bits per heavy atom. The maximum Gasteiger partial charge on any atom is 0.412 e. The van der Waals surface area contributed by atoms with Gasteiger partial charge in [-0.25, -0.2) is 9.59 Å². The van der Waals surface area contributed by atoms with Crippen LogP contribution in [0.3, 0.4) is 0 Å². The van der Waals surface area contributed by atoms with Gasteiger partial charge in [0.1, 0.15) is 17.9 Å². The normalized spacial score (nSPS) is 15.9. The number of carbonyl (C=O) groups excluding carboxylic acids is 2. The number of carbonyl (C=O) groups is 2. The van der Waals surface area contributed by atoms with E-state index < -0.39 is 17.7 Å². The molecule has 0 aliphatic carbocycles. The van der Waals surface area contributed by atoms with E-state index in [-0.39, 0.29) is 12.3 Å². The lowest BCUT2D eigenvalue weighted by molar-refractivity contribution is -0.136. The number of rotatable bonds is 1. The molecule has 0 radical (unpaired) electrons. The predicted molar refractivity (Wildman–Crippen MR) is 48.4 cm³/mol. The van der Waals surface area contributed by atoms with Gasteiger partial charge < -0.3 is 9.47 Å². The van der Waals surface area contributed by atoms with E-state index in [0.29, 0.717) is 0 Å². The lowest BCUT2D eigenvalue weighted by atomic mass is 10.2. The van der Waals surface area contributed by atoms with Crippen LogP contribution in [0.25, 0.3) is 0 Å². The molecule has 0 bridgehead atoms. The Hall–Kier alpha value is -1.52. The fourth-order valence-electron chi connectivity index (χ4n) is 0.877. The van der Waals surface area contributed by atoms with Gasteiger partial charge >= 0.3 is 12.1 Å². The second-order valence-corrected chi connectivity index (χ2v) is 3.84. The van der Waals surface area contributed by atoms with Gasteiger partial charge in [-0.3, -0.25) is 5.32 Å². The Kier molecular flexibility index (Phi) is 2.78. The van der Waals surface area contributed by atoms with Crippen LogP contribution >= 0.6 is 0 Å². The van der Waals surface area contributed by atoms with Gasteiger partial charge in [-0.2, -0.15) is 0 Å². The van der Waals surface area contributed by atoms with Gasteiger partial charge in [0.2, 0.25) is 0 Å². The first kappa shape index (κ1) is 10.6. The van der Waals surface area contributed by atoms with Crippen molar-refractivity contribution in [1.29, 1.82) is 0 Å². The van der Waals surface area contributed by atoms with Crippen molar-refractivity contribution in [3.63, 3.8) is 0 Å². The van der Waals surface area contributed by atoms with Crippen LogP contribution < -0.4 is 5.32 Å². The molecule has 0 aromatic heterocycles. The third-order valence-electron chi connectivity index (χ3n) is 1.36. The molecule has 0 unspecified atom stereocenters. The van der Waals surface area contributed by atoms with E-state index in [4.69, 9.17) is 4.74 Å². The number of nitrogens with one attached hydrogen (secondary N) is 1. The molecule has 14 heavy (non-hydrogen) atoms. The van der Waals surface area contributed by atoms with Crippen molar-refractivity contribution in [2.24, 2.45) is 0 Å². The first-order chi connectivity index (χ1) is 6.38. The highest BCUT2D eigenvalue weighted by Crippen LogP contribution is 2.08. The molecule has 78 valence electrons. The van der Waals surface area contributed by atoms with Gasteiger partial charge in [-0.05, 0) is 26.8 Å². The Bertz CT molecular complexity index is 288. The maximum absolute atomic E-state index is 11.2. The van der Waals surface area contributed by atoms with Gasteiger partial charge in [0.15, 0.2) is 0 Å². The number of hydrogen-bond acceptors (Lipinski definition) is 4. The molecule has 0 aromatic rings. The number of hydrogen-bond donors (Lipinski definition) is 1. The monoisotopic (exact) mass is 199 g/mol. The first-order valence-electron chi connectivity index (χ1n) is 4.26. The second-order valence-electron chi connectivity index (χ2n) is 3.84. The van der Waals surface area contributed by atoms with E-state index in [1.165, 1.54) is 6.08 Å². The van der Waals surface area contributed by atoms with Crippen LogP contribution in [0.5, 0.6) is 0 Å². The van der Waals surface area contributed by atoms with E-state index in [9.17, 15) is 9.59 Å². The quantitative estimate of drug-likeness (QED) is 0.638. The number of esters is 1. The van der Waals surface area contributed by atoms with Gasteiger partial charge in [0.05, 0.1) is 0 Å². The fraction of sp³-hybridized carbons (Fsp3) is 0.556. The van der Waals surface area contributed by atoms with E-state index in [2.05, 4.69) is 10.1 Å². The molecule has 0 saturated carbocycles. The highest BCUT2D eigenvalue weighted by Gasteiger charge is 2.22. The van der Waals surface area contributed by atoms with Gasteiger partial charge in [0, 0.05) is 0 Å². The van der Waals surface area contributed by atoms with Crippen LogP contribution in [0.15, 0.2) is 11.8 Å². The van der Waals surface area contributed by atoms with Gasteiger partial charge in [0.25, 0.3) is 0 Å². The molecule has 0 saturated heterocycles. The Labute approximate surface area is 82.1 Å². The highest BCUT2D eigenvalue weighted by molar-refractivity contribution is 5.93. The summed E-state index contributed by atoms with van der Waals surface area (Å²) in [5, 5.41) is 2.31. The van der Waals surface area contributed by atoms with Crippen molar-refractivity contribution >= 4 is 12.1 Å². The van der Waals surface area contributed by atoms with Crippen molar-refractivity contribution in [2.75, 3.05) is 6.61 Å². The van der Waals surface area contributed by atoms with Gasteiger partial charge in [-0.1, -0.05) is 0 Å². The number of cyclic esters (lactones) is 1. The van der Waals surface area contributed by atoms with E-state index in [1.807, 2.05) is 0 Å². The van der Waals surface area contributed by atoms with Gasteiger partial charge in [-0.15, -0.1) is 0 Å². The first-order valence-corrected chi connectivity index (χ1v) is 4.26. The number of alkyl carbamates (subject to hydrolysis) is 1. The smallest absolute Gasteiger partial charge is 0.412 e. The zero-order chi connectivity index (χ0) is 10.8. The predicted octanol–water partition coefficient (Wildman–Crippen LogP) is 0.952. The highest BCUT2D eigenvalue weighted by atomic mass is 16.6. The fourth-order valence-corrected chi connectivity index (χ4v) is 0.877. The SMILES string of the molecule is CC(C)(C)OC(=O)NC1=CCOC1=O. The van der Waals surface area contributed by atoms with E-state index in [0.717, 1.165) is 0 Å². The second kappa shape index (κ2) is 3.69. The number of amides is 1. The molecule has 1 N–H and O–H groups in total. The van der Waals surface area contributed by atoms with Crippen molar-refractivity contribution in [1.82, 2.24) is 5.32 Å². The molecule has 1 heterocycles. The lowest BCUT2D eigenvalue weighted by Crippen LogP contribution is -2.33.